The highest BCUT2D eigenvalue weighted by molar-refractivity contribution is 5.85. The summed E-state index contributed by atoms with van der Waals surface area (Å²) in [5.41, 5.74) is -4.32. The van der Waals surface area contributed by atoms with Crippen LogP contribution in [-0.2, 0) is 9.59 Å². The summed E-state index contributed by atoms with van der Waals surface area (Å²) in [7, 11) is 0. The SMILES string of the molecule is CC(C)(C(=O)[O-])C(C)(O)C(=O)[O-]. The van der Waals surface area contributed by atoms with Crippen molar-refractivity contribution in [3.05, 3.63) is 0 Å². The van der Waals surface area contributed by atoms with E-state index in [0.717, 1.165) is 20.8 Å². The Labute approximate surface area is 69.6 Å². The Morgan fingerprint density at radius 1 is 1.08 bits per heavy atom. The molecule has 0 aromatic carbocycles. The molecule has 0 saturated carbocycles. The topological polar surface area (TPSA) is 100 Å². The van der Waals surface area contributed by atoms with Crippen molar-refractivity contribution >= 4 is 11.9 Å². The smallest absolute Gasteiger partial charge is 0.111 e. The van der Waals surface area contributed by atoms with Gasteiger partial charge in [0.25, 0.3) is 0 Å². The van der Waals surface area contributed by atoms with Crippen LogP contribution in [0, 0.1) is 5.41 Å². The second-order valence-electron chi connectivity index (χ2n) is 3.27. The molecular formula is C7H10O5-2. The van der Waals surface area contributed by atoms with Crippen molar-refractivity contribution < 1.29 is 24.9 Å². The molecule has 12 heavy (non-hydrogen) atoms. The summed E-state index contributed by atoms with van der Waals surface area (Å²) in [6.45, 7) is 2.97. The minimum absolute atomic E-state index is 0.859. The molecule has 0 fully saturated rings. The fourth-order valence-corrected chi connectivity index (χ4v) is 0.454. The molecule has 0 spiro atoms. The molecule has 0 bridgehead atoms. The van der Waals surface area contributed by atoms with Crippen LogP contribution in [0.4, 0.5) is 0 Å². The van der Waals surface area contributed by atoms with Crippen molar-refractivity contribution in [1.29, 1.82) is 0 Å². The minimum atomic E-state index is -2.44. The van der Waals surface area contributed by atoms with E-state index in [1.54, 1.807) is 0 Å². The normalized spacial score (nSPS) is 16.7. The number of hydrogen-bond donors (Lipinski definition) is 1. The van der Waals surface area contributed by atoms with Gasteiger partial charge in [0.15, 0.2) is 0 Å². The molecule has 0 aliphatic carbocycles. The van der Waals surface area contributed by atoms with Gasteiger partial charge in [-0.15, -0.1) is 0 Å². The predicted molar refractivity (Wildman–Crippen MR) is 34.4 cm³/mol. The average molecular weight is 174 g/mol. The first-order chi connectivity index (χ1) is 5.14. The van der Waals surface area contributed by atoms with E-state index < -0.39 is 23.0 Å². The van der Waals surface area contributed by atoms with Gasteiger partial charge in [0.05, 0.1) is 11.9 Å². The zero-order chi connectivity index (χ0) is 10.2. The highest BCUT2D eigenvalue weighted by Crippen LogP contribution is 2.29. The molecule has 0 amide bonds. The number of carboxylic acids is 2. The summed E-state index contributed by atoms with van der Waals surface area (Å²) < 4.78 is 0. The first kappa shape index (κ1) is 10.9. The molecule has 70 valence electrons. The second-order valence-corrected chi connectivity index (χ2v) is 3.27. The highest BCUT2D eigenvalue weighted by atomic mass is 16.4. The lowest BCUT2D eigenvalue weighted by atomic mass is 9.76. The van der Waals surface area contributed by atoms with Crippen LogP contribution < -0.4 is 10.2 Å². The molecule has 1 atom stereocenters. The number of carboxylic acid groups (broad SMARTS) is 2. The van der Waals surface area contributed by atoms with Gasteiger partial charge in [0, 0.05) is 5.41 Å². The zero-order valence-electron chi connectivity index (χ0n) is 7.08. The third kappa shape index (κ3) is 1.40. The molecular weight excluding hydrogens is 164 g/mol. The first-order valence-electron chi connectivity index (χ1n) is 3.29. The summed E-state index contributed by atoms with van der Waals surface area (Å²) in [6, 6.07) is 0. The molecule has 0 radical (unpaired) electrons. The van der Waals surface area contributed by atoms with E-state index in [-0.39, 0.29) is 0 Å². The number of carbonyl (C=O) groups is 2. The van der Waals surface area contributed by atoms with Crippen LogP contribution in [0.15, 0.2) is 0 Å². The maximum absolute atomic E-state index is 10.4. The van der Waals surface area contributed by atoms with Gasteiger partial charge in [-0.05, 0) is 6.92 Å². The third-order valence-electron chi connectivity index (χ3n) is 2.12. The maximum Gasteiger partial charge on any atom is 0.111 e. The van der Waals surface area contributed by atoms with Gasteiger partial charge < -0.3 is 24.9 Å². The molecule has 0 aliphatic rings. The Balaban J connectivity index is 5.01. The van der Waals surface area contributed by atoms with Crippen LogP contribution in [-0.4, -0.2) is 22.6 Å². The lowest BCUT2D eigenvalue weighted by molar-refractivity contribution is -0.347. The Morgan fingerprint density at radius 3 is 1.50 bits per heavy atom. The van der Waals surface area contributed by atoms with Crippen molar-refractivity contribution in [3.8, 4) is 0 Å². The average Bonchev–Trinajstić information content (AvgIpc) is 1.86. The summed E-state index contributed by atoms with van der Waals surface area (Å²) in [5, 5.41) is 29.9. The van der Waals surface area contributed by atoms with Crippen molar-refractivity contribution in [2.45, 2.75) is 26.4 Å². The standard InChI is InChI=1S/C7H12O5/c1-6(2,4(8)9)7(3,12)5(10)11/h12H,1-3H3,(H,8,9)(H,10,11)/p-2. The van der Waals surface area contributed by atoms with Crippen LogP contribution in [0.25, 0.3) is 0 Å². The quantitative estimate of drug-likeness (QED) is 0.500. The summed E-state index contributed by atoms with van der Waals surface area (Å²) in [5.74, 6) is -3.48. The Hall–Kier alpha value is -1.10. The van der Waals surface area contributed by atoms with E-state index in [1.807, 2.05) is 0 Å². The van der Waals surface area contributed by atoms with Gasteiger partial charge >= 0.3 is 0 Å². The van der Waals surface area contributed by atoms with Gasteiger partial charge in [0.2, 0.25) is 0 Å². The minimum Gasteiger partial charge on any atom is -0.549 e. The van der Waals surface area contributed by atoms with E-state index in [1.165, 1.54) is 0 Å². The number of rotatable bonds is 3. The van der Waals surface area contributed by atoms with Crippen molar-refractivity contribution in [3.63, 3.8) is 0 Å². The van der Waals surface area contributed by atoms with Crippen LogP contribution in [0.1, 0.15) is 20.8 Å². The molecule has 0 aromatic rings. The molecule has 0 aromatic heterocycles. The van der Waals surface area contributed by atoms with Crippen molar-refractivity contribution in [1.82, 2.24) is 0 Å². The monoisotopic (exact) mass is 174 g/mol. The number of carbonyl (C=O) groups excluding carboxylic acids is 2. The largest absolute Gasteiger partial charge is 0.549 e. The van der Waals surface area contributed by atoms with Crippen molar-refractivity contribution in [2.75, 3.05) is 0 Å². The zero-order valence-corrected chi connectivity index (χ0v) is 7.08. The molecule has 1 N–H and O–H groups in total. The summed E-state index contributed by atoms with van der Waals surface area (Å²) >= 11 is 0. The highest BCUT2D eigenvalue weighted by Gasteiger charge is 2.41. The molecule has 0 aliphatic heterocycles. The Kier molecular flexibility index (Phi) is 2.49. The van der Waals surface area contributed by atoms with Gasteiger partial charge in [0.1, 0.15) is 5.60 Å². The number of aliphatic hydroxyl groups is 1. The fourth-order valence-electron chi connectivity index (χ4n) is 0.454. The lowest BCUT2D eigenvalue weighted by Gasteiger charge is -2.41. The summed E-state index contributed by atoms with van der Waals surface area (Å²) in [6.07, 6.45) is 0. The van der Waals surface area contributed by atoms with Gasteiger partial charge in [-0.1, -0.05) is 13.8 Å². The number of hydrogen-bond acceptors (Lipinski definition) is 5. The van der Waals surface area contributed by atoms with E-state index >= 15 is 0 Å². The van der Waals surface area contributed by atoms with Gasteiger partial charge in [-0.3, -0.25) is 0 Å². The fraction of sp³-hybridized carbons (Fsp3) is 0.714. The van der Waals surface area contributed by atoms with Gasteiger partial charge in [-0.25, -0.2) is 0 Å². The molecule has 5 heteroatoms. The van der Waals surface area contributed by atoms with E-state index in [4.69, 9.17) is 0 Å². The van der Waals surface area contributed by atoms with Crippen LogP contribution in [0.3, 0.4) is 0 Å². The van der Waals surface area contributed by atoms with E-state index in [0.29, 0.717) is 0 Å². The van der Waals surface area contributed by atoms with Crippen LogP contribution >= 0.6 is 0 Å². The molecule has 0 rings (SSSR count). The molecule has 5 nitrogen and oxygen atoms in total. The molecule has 0 heterocycles. The lowest BCUT2D eigenvalue weighted by Crippen LogP contribution is -2.61. The molecule has 0 saturated heterocycles. The first-order valence-corrected chi connectivity index (χ1v) is 3.29. The van der Waals surface area contributed by atoms with Crippen LogP contribution in [0.2, 0.25) is 0 Å². The predicted octanol–water partition coefficient (Wildman–Crippen LogP) is -2.74. The maximum atomic E-state index is 10.4. The van der Waals surface area contributed by atoms with Gasteiger partial charge in [-0.2, -0.15) is 0 Å². The van der Waals surface area contributed by atoms with E-state index in [9.17, 15) is 24.9 Å². The van der Waals surface area contributed by atoms with E-state index in [2.05, 4.69) is 0 Å². The Morgan fingerprint density at radius 2 is 1.42 bits per heavy atom. The third-order valence-corrected chi connectivity index (χ3v) is 2.12. The number of aliphatic carboxylic acids is 2. The van der Waals surface area contributed by atoms with Crippen LogP contribution in [0.5, 0.6) is 0 Å². The van der Waals surface area contributed by atoms with Crippen molar-refractivity contribution in [2.24, 2.45) is 5.41 Å². The Bertz CT molecular complexity index is 192. The summed E-state index contributed by atoms with van der Waals surface area (Å²) in [4.78, 5) is 20.7. The molecule has 1 unspecified atom stereocenters. The second kappa shape index (κ2) is 2.75.